The second-order valence-electron chi connectivity index (χ2n) is 6.21. The summed E-state index contributed by atoms with van der Waals surface area (Å²) in [5.41, 5.74) is 3.46. The number of nitrogens with one attached hydrogen (secondary N) is 1. The Balaban J connectivity index is 1.71. The number of methoxy groups -OCH3 is 1. The maximum atomic E-state index is 13.0. The van der Waals surface area contributed by atoms with Crippen molar-refractivity contribution < 1.29 is 9.53 Å². The predicted octanol–water partition coefficient (Wildman–Crippen LogP) is 3.70. The molecule has 1 unspecified atom stereocenters. The van der Waals surface area contributed by atoms with E-state index < -0.39 is 0 Å². The molecule has 0 spiro atoms. The number of halogens is 1. The lowest BCUT2D eigenvalue weighted by atomic mass is 9.98. The summed E-state index contributed by atoms with van der Waals surface area (Å²) in [6.45, 7) is 2.61. The molecule has 2 aliphatic rings. The number of carbonyl (C=O) groups excluding carboxylic acids is 1. The summed E-state index contributed by atoms with van der Waals surface area (Å²) in [4.78, 5) is 19.3. The van der Waals surface area contributed by atoms with Crippen LogP contribution in [0.1, 0.15) is 34.5 Å². The van der Waals surface area contributed by atoms with Crippen molar-refractivity contribution in [2.45, 2.75) is 19.4 Å². The third-order valence-electron chi connectivity index (χ3n) is 4.70. The van der Waals surface area contributed by atoms with Crippen LogP contribution in [-0.4, -0.2) is 30.4 Å². The van der Waals surface area contributed by atoms with E-state index >= 15 is 0 Å². The highest BCUT2D eigenvalue weighted by atomic mass is 35.5. The van der Waals surface area contributed by atoms with E-state index in [1.54, 1.807) is 12.0 Å². The monoisotopic (exact) mass is 355 g/mol. The number of nitrogens with zero attached hydrogens (tertiary/aromatic N) is 2. The zero-order chi connectivity index (χ0) is 17.6. The number of fused-ring (bicyclic) bond motifs is 2. The molecule has 128 valence electrons. The number of amides is 1. The SMILES string of the molecule is COc1ccc2c(c1)CCN(C1=Nc3c(Cl)cccc3C(C)N1)C2=O. The highest BCUT2D eigenvalue weighted by Gasteiger charge is 2.31. The summed E-state index contributed by atoms with van der Waals surface area (Å²) in [6, 6.07) is 11.3. The summed E-state index contributed by atoms with van der Waals surface area (Å²) in [5.74, 6) is 1.26. The van der Waals surface area contributed by atoms with E-state index in [1.807, 2.05) is 43.3 Å². The highest BCUT2D eigenvalue weighted by Crippen LogP contribution is 2.36. The van der Waals surface area contributed by atoms with Crippen LogP contribution in [0.4, 0.5) is 5.69 Å². The average Bonchev–Trinajstić information content (AvgIpc) is 2.62. The van der Waals surface area contributed by atoms with Gasteiger partial charge in [0, 0.05) is 17.7 Å². The Kier molecular flexibility index (Phi) is 3.88. The minimum absolute atomic E-state index is 0.0336. The maximum Gasteiger partial charge on any atom is 0.260 e. The summed E-state index contributed by atoms with van der Waals surface area (Å²) < 4.78 is 5.25. The first kappa shape index (κ1) is 16.0. The van der Waals surface area contributed by atoms with E-state index in [0.29, 0.717) is 23.1 Å². The van der Waals surface area contributed by atoms with Crippen molar-refractivity contribution in [1.82, 2.24) is 10.2 Å². The lowest BCUT2D eigenvalue weighted by Gasteiger charge is -2.34. The number of rotatable bonds is 1. The molecule has 0 bridgehead atoms. The molecule has 25 heavy (non-hydrogen) atoms. The van der Waals surface area contributed by atoms with Crippen molar-refractivity contribution in [3.8, 4) is 5.75 Å². The number of hydrogen-bond donors (Lipinski definition) is 1. The van der Waals surface area contributed by atoms with Crippen LogP contribution in [0.25, 0.3) is 0 Å². The van der Waals surface area contributed by atoms with Crippen molar-refractivity contribution in [2.75, 3.05) is 13.7 Å². The molecule has 0 saturated heterocycles. The summed E-state index contributed by atoms with van der Waals surface area (Å²) in [5, 5.41) is 3.92. The Morgan fingerprint density at radius 1 is 1.32 bits per heavy atom. The molecule has 2 heterocycles. The molecule has 6 heteroatoms. The number of carbonyl (C=O) groups is 1. The largest absolute Gasteiger partial charge is 0.497 e. The third-order valence-corrected chi connectivity index (χ3v) is 5.00. The summed E-state index contributed by atoms with van der Waals surface area (Å²) in [7, 11) is 1.63. The van der Waals surface area contributed by atoms with Crippen LogP contribution >= 0.6 is 11.6 Å². The fourth-order valence-corrected chi connectivity index (χ4v) is 3.57. The summed E-state index contributed by atoms with van der Waals surface area (Å²) >= 11 is 6.31. The molecule has 0 aliphatic carbocycles. The van der Waals surface area contributed by atoms with Gasteiger partial charge in [-0.05, 0) is 43.2 Å². The molecule has 0 aromatic heterocycles. The van der Waals surface area contributed by atoms with Crippen LogP contribution in [0.3, 0.4) is 0 Å². The minimum atomic E-state index is -0.0575. The van der Waals surface area contributed by atoms with Gasteiger partial charge in [-0.2, -0.15) is 0 Å². The first-order valence-corrected chi connectivity index (χ1v) is 8.58. The molecular formula is C19H18ClN3O2. The van der Waals surface area contributed by atoms with Crippen LogP contribution < -0.4 is 10.1 Å². The standard InChI is InChI=1S/C19H18ClN3O2/c1-11-14-4-3-5-16(20)17(14)22-19(21-11)23-9-8-12-10-13(25-2)6-7-15(12)18(23)24/h3-7,10-11H,8-9H2,1-2H3,(H,21,22). The van der Waals surface area contributed by atoms with Crippen molar-refractivity contribution >= 4 is 29.2 Å². The van der Waals surface area contributed by atoms with Gasteiger partial charge < -0.3 is 10.1 Å². The van der Waals surface area contributed by atoms with Crippen LogP contribution in [0.5, 0.6) is 5.75 Å². The van der Waals surface area contributed by atoms with Crippen molar-refractivity contribution in [1.29, 1.82) is 0 Å². The second-order valence-corrected chi connectivity index (χ2v) is 6.62. The number of ether oxygens (including phenoxy) is 1. The number of para-hydroxylation sites is 1. The van der Waals surface area contributed by atoms with Gasteiger partial charge in [0.2, 0.25) is 5.96 Å². The van der Waals surface area contributed by atoms with Gasteiger partial charge in [0.25, 0.3) is 5.91 Å². The smallest absolute Gasteiger partial charge is 0.260 e. The van der Waals surface area contributed by atoms with Gasteiger partial charge in [-0.25, -0.2) is 4.99 Å². The van der Waals surface area contributed by atoms with E-state index in [1.165, 1.54) is 0 Å². The zero-order valence-electron chi connectivity index (χ0n) is 14.0. The topological polar surface area (TPSA) is 53.9 Å². The van der Waals surface area contributed by atoms with E-state index in [9.17, 15) is 4.79 Å². The van der Waals surface area contributed by atoms with E-state index in [2.05, 4.69) is 10.3 Å². The molecule has 5 nitrogen and oxygen atoms in total. The van der Waals surface area contributed by atoms with E-state index in [-0.39, 0.29) is 11.9 Å². The Bertz CT molecular complexity index is 894. The molecule has 2 aliphatic heterocycles. The number of aliphatic imine (C=N–C) groups is 1. The molecule has 0 saturated carbocycles. The van der Waals surface area contributed by atoms with Gasteiger partial charge in [-0.1, -0.05) is 23.7 Å². The second kappa shape index (κ2) is 6.08. The molecule has 1 atom stereocenters. The molecule has 4 rings (SSSR count). The Morgan fingerprint density at radius 3 is 2.96 bits per heavy atom. The van der Waals surface area contributed by atoms with E-state index in [0.717, 1.165) is 29.0 Å². The van der Waals surface area contributed by atoms with E-state index in [4.69, 9.17) is 16.3 Å². The normalized spacial score (nSPS) is 18.8. The van der Waals surface area contributed by atoms with Crippen LogP contribution in [0.15, 0.2) is 41.4 Å². The molecule has 2 aromatic rings. The van der Waals surface area contributed by atoms with Crippen LogP contribution in [-0.2, 0) is 6.42 Å². The molecule has 0 fully saturated rings. The van der Waals surface area contributed by atoms with Crippen LogP contribution in [0, 0.1) is 0 Å². The molecule has 0 radical (unpaired) electrons. The first-order chi connectivity index (χ1) is 12.1. The van der Waals surface area contributed by atoms with Gasteiger partial charge in [-0.15, -0.1) is 0 Å². The first-order valence-electron chi connectivity index (χ1n) is 8.21. The lowest BCUT2D eigenvalue weighted by molar-refractivity contribution is 0.0829. The molecular weight excluding hydrogens is 338 g/mol. The fourth-order valence-electron chi connectivity index (χ4n) is 3.34. The Labute approximate surface area is 151 Å². The zero-order valence-corrected chi connectivity index (χ0v) is 14.8. The fraction of sp³-hybridized carbons (Fsp3) is 0.263. The van der Waals surface area contributed by atoms with Gasteiger partial charge in [-0.3, -0.25) is 9.69 Å². The number of hydrogen-bond acceptors (Lipinski definition) is 4. The maximum absolute atomic E-state index is 13.0. The molecule has 2 aromatic carbocycles. The van der Waals surface area contributed by atoms with Gasteiger partial charge >= 0.3 is 0 Å². The van der Waals surface area contributed by atoms with Crippen LogP contribution in [0.2, 0.25) is 5.02 Å². The quantitative estimate of drug-likeness (QED) is 0.848. The van der Waals surface area contributed by atoms with Crippen molar-refractivity contribution in [2.24, 2.45) is 4.99 Å². The van der Waals surface area contributed by atoms with Crippen molar-refractivity contribution in [3.05, 3.63) is 58.1 Å². The predicted molar refractivity (Wildman–Crippen MR) is 97.8 cm³/mol. The van der Waals surface area contributed by atoms with Gasteiger partial charge in [0.15, 0.2) is 0 Å². The number of benzene rings is 2. The highest BCUT2D eigenvalue weighted by molar-refractivity contribution is 6.33. The molecule has 1 amide bonds. The van der Waals surface area contributed by atoms with Gasteiger partial charge in [0.1, 0.15) is 5.75 Å². The number of guanidine groups is 1. The van der Waals surface area contributed by atoms with Crippen molar-refractivity contribution in [3.63, 3.8) is 0 Å². The average molecular weight is 356 g/mol. The molecule has 1 N–H and O–H groups in total. The lowest BCUT2D eigenvalue weighted by Crippen LogP contribution is -2.49. The summed E-state index contributed by atoms with van der Waals surface area (Å²) in [6.07, 6.45) is 0.753. The third kappa shape index (κ3) is 2.65. The Hall–Kier alpha value is -2.53. The minimum Gasteiger partial charge on any atom is -0.497 e. The van der Waals surface area contributed by atoms with Gasteiger partial charge in [0.05, 0.1) is 23.9 Å². The Morgan fingerprint density at radius 2 is 2.16 bits per heavy atom.